The van der Waals surface area contributed by atoms with E-state index in [1.807, 2.05) is 71.0 Å². The maximum absolute atomic E-state index is 12.4. The Morgan fingerprint density at radius 3 is 2.15 bits per heavy atom. The number of amides is 1. The topological polar surface area (TPSA) is 74.2 Å². The van der Waals surface area contributed by atoms with Gasteiger partial charge in [-0.15, -0.1) is 0 Å². The fraction of sp³-hybridized carbons (Fsp3) is 0.474. The van der Waals surface area contributed by atoms with E-state index in [1.54, 1.807) is 4.90 Å². The van der Waals surface area contributed by atoms with Crippen LogP contribution in [0, 0.1) is 0 Å². The third-order valence-electron chi connectivity index (χ3n) is 4.00. The summed E-state index contributed by atoms with van der Waals surface area (Å²) in [7, 11) is 3.80. The molecule has 7 nitrogen and oxygen atoms in total. The molecule has 0 saturated carbocycles. The first-order chi connectivity index (χ1) is 12.3. The van der Waals surface area contributed by atoms with Crippen LogP contribution in [-0.2, 0) is 0 Å². The van der Waals surface area contributed by atoms with Gasteiger partial charge in [-0.05, 0) is 38.1 Å². The molecule has 7 heteroatoms. The van der Waals surface area contributed by atoms with Crippen molar-refractivity contribution in [3.8, 4) is 0 Å². The van der Waals surface area contributed by atoms with Gasteiger partial charge in [-0.3, -0.25) is 4.79 Å². The lowest BCUT2D eigenvalue weighted by Crippen LogP contribution is -2.30. The third kappa shape index (κ3) is 4.68. The molecular formula is C19H28N6O. The lowest BCUT2D eigenvalue weighted by atomic mass is 10.2. The van der Waals surface area contributed by atoms with Crippen molar-refractivity contribution in [2.75, 3.05) is 37.4 Å². The molecule has 1 amide bonds. The Bertz CT molecular complexity index is 712. The molecule has 1 aromatic heterocycles. The molecule has 0 spiro atoms. The zero-order valence-electron chi connectivity index (χ0n) is 16.4. The van der Waals surface area contributed by atoms with Crippen LogP contribution in [0.5, 0.6) is 0 Å². The van der Waals surface area contributed by atoms with E-state index in [0.29, 0.717) is 30.5 Å². The summed E-state index contributed by atoms with van der Waals surface area (Å²) in [6.07, 6.45) is 0. The number of rotatable bonds is 7. The molecule has 0 aliphatic rings. The summed E-state index contributed by atoms with van der Waals surface area (Å²) in [5.41, 5.74) is 1.50. The first kappa shape index (κ1) is 19.6. The minimum absolute atomic E-state index is 0.0405. The number of hydrogen-bond acceptors (Lipinski definition) is 6. The average Bonchev–Trinajstić information content (AvgIpc) is 2.62. The Morgan fingerprint density at radius 1 is 1.04 bits per heavy atom. The van der Waals surface area contributed by atoms with Gasteiger partial charge in [-0.25, -0.2) is 0 Å². The minimum atomic E-state index is 0.0405. The Balaban J connectivity index is 2.22. The SMILES string of the molecule is CCN(CC)C(=O)c1ccc(Nc2nc(C(C)C)nc(N(C)C)n2)cc1. The van der Waals surface area contributed by atoms with E-state index in [2.05, 4.69) is 20.3 Å². The predicted octanol–water partition coefficient (Wildman–Crippen LogP) is 3.29. The van der Waals surface area contributed by atoms with E-state index in [4.69, 9.17) is 0 Å². The molecule has 140 valence electrons. The van der Waals surface area contributed by atoms with Crippen LogP contribution in [0.25, 0.3) is 0 Å². The zero-order valence-corrected chi connectivity index (χ0v) is 16.4. The van der Waals surface area contributed by atoms with Crippen LogP contribution < -0.4 is 10.2 Å². The number of aromatic nitrogens is 3. The number of carbonyl (C=O) groups is 1. The van der Waals surface area contributed by atoms with Crippen molar-refractivity contribution in [3.05, 3.63) is 35.7 Å². The Labute approximate surface area is 155 Å². The molecule has 0 bridgehead atoms. The van der Waals surface area contributed by atoms with Gasteiger partial charge in [0.05, 0.1) is 0 Å². The van der Waals surface area contributed by atoms with Crippen molar-refractivity contribution >= 4 is 23.5 Å². The highest BCUT2D eigenvalue weighted by atomic mass is 16.2. The Kier molecular flexibility index (Phi) is 6.49. The lowest BCUT2D eigenvalue weighted by Gasteiger charge is -2.18. The van der Waals surface area contributed by atoms with Crippen LogP contribution >= 0.6 is 0 Å². The highest BCUT2D eigenvalue weighted by molar-refractivity contribution is 5.94. The summed E-state index contributed by atoms with van der Waals surface area (Å²) in [5.74, 6) is 2.08. The van der Waals surface area contributed by atoms with Crippen molar-refractivity contribution in [3.63, 3.8) is 0 Å². The van der Waals surface area contributed by atoms with Crippen molar-refractivity contribution < 1.29 is 4.79 Å². The summed E-state index contributed by atoms with van der Waals surface area (Å²) in [4.78, 5) is 29.4. The van der Waals surface area contributed by atoms with Crippen molar-refractivity contribution in [2.24, 2.45) is 0 Å². The van der Waals surface area contributed by atoms with E-state index in [1.165, 1.54) is 0 Å². The normalized spacial score (nSPS) is 10.7. The number of nitrogens with zero attached hydrogens (tertiary/aromatic N) is 5. The quantitative estimate of drug-likeness (QED) is 0.820. The number of carbonyl (C=O) groups excluding carboxylic acids is 1. The molecule has 1 aromatic carbocycles. The number of nitrogens with one attached hydrogen (secondary N) is 1. The molecule has 0 saturated heterocycles. The monoisotopic (exact) mass is 356 g/mol. The summed E-state index contributed by atoms with van der Waals surface area (Å²) < 4.78 is 0. The van der Waals surface area contributed by atoms with Gasteiger partial charge in [-0.2, -0.15) is 15.0 Å². The Hall–Kier alpha value is -2.70. The fourth-order valence-electron chi connectivity index (χ4n) is 2.41. The molecule has 0 fully saturated rings. The summed E-state index contributed by atoms with van der Waals surface area (Å²) in [6.45, 7) is 9.45. The van der Waals surface area contributed by atoms with Crippen LogP contribution in [0.3, 0.4) is 0 Å². The molecule has 1 N–H and O–H groups in total. The van der Waals surface area contributed by atoms with E-state index < -0.39 is 0 Å². The molecule has 0 atom stereocenters. The molecule has 0 unspecified atom stereocenters. The van der Waals surface area contributed by atoms with Crippen LogP contribution in [0.2, 0.25) is 0 Å². The highest BCUT2D eigenvalue weighted by Crippen LogP contribution is 2.19. The van der Waals surface area contributed by atoms with Crippen LogP contribution in [0.4, 0.5) is 17.6 Å². The maximum Gasteiger partial charge on any atom is 0.253 e. The highest BCUT2D eigenvalue weighted by Gasteiger charge is 2.13. The van der Waals surface area contributed by atoms with Gasteiger partial charge in [0.25, 0.3) is 5.91 Å². The fourth-order valence-corrected chi connectivity index (χ4v) is 2.41. The molecule has 2 aromatic rings. The van der Waals surface area contributed by atoms with Crippen LogP contribution in [0.1, 0.15) is 49.8 Å². The molecular weight excluding hydrogens is 328 g/mol. The number of anilines is 3. The van der Waals surface area contributed by atoms with E-state index >= 15 is 0 Å². The van der Waals surface area contributed by atoms with Crippen molar-refractivity contribution in [1.82, 2.24) is 19.9 Å². The maximum atomic E-state index is 12.4. The third-order valence-corrected chi connectivity index (χ3v) is 4.00. The van der Waals surface area contributed by atoms with Gasteiger partial charge in [-0.1, -0.05) is 13.8 Å². The van der Waals surface area contributed by atoms with Gasteiger partial charge < -0.3 is 15.1 Å². The molecule has 1 heterocycles. The minimum Gasteiger partial charge on any atom is -0.347 e. The number of hydrogen-bond donors (Lipinski definition) is 1. The summed E-state index contributed by atoms with van der Waals surface area (Å²) in [5, 5.41) is 3.20. The smallest absolute Gasteiger partial charge is 0.253 e. The van der Waals surface area contributed by atoms with E-state index in [9.17, 15) is 4.79 Å². The second-order valence-electron chi connectivity index (χ2n) is 6.55. The van der Waals surface area contributed by atoms with Gasteiger partial charge in [0.2, 0.25) is 11.9 Å². The lowest BCUT2D eigenvalue weighted by molar-refractivity contribution is 0.0773. The van der Waals surface area contributed by atoms with Crippen molar-refractivity contribution in [2.45, 2.75) is 33.6 Å². The second-order valence-corrected chi connectivity index (χ2v) is 6.55. The molecule has 0 aliphatic carbocycles. The van der Waals surface area contributed by atoms with E-state index in [-0.39, 0.29) is 11.8 Å². The molecule has 2 rings (SSSR count). The van der Waals surface area contributed by atoms with E-state index in [0.717, 1.165) is 11.5 Å². The van der Waals surface area contributed by atoms with Crippen molar-refractivity contribution in [1.29, 1.82) is 0 Å². The average molecular weight is 356 g/mol. The standard InChI is InChI=1S/C19H28N6O/c1-7-25(8-2)17(26)14-9-11-15(12-10-14)20-18-21-16(13(3)4)22-19(23-18)24(5)6/h9-13H,7-8H2,1-6H3,(H,20,21,22,23). The van der Waals surface area contributed by atoms with Crippen LogP contribution in [0.15, 0.2) is 24.3 Å². The molecule has 26 heavy (non-hydrogen) atoms. The van der Waals surface area contributed by atoms with Gasteiger partial charge in [0, 0.05) is 44.4 Å². The second kappa shape index (κ2) is 8.60. The van der Waals surface area contributed by atoms with Gasteiger partial charge in [0.15, 0.2) is 0 Å². The first-order valence-electron chi connectivity index (χ1n) is 8.95. The molecule has 0 radical (unpaired) electrons. The first-order valence-corrected chi connectivity index (χ1v) is 8.95. The largest absolute Gasteiger partial charge is 0.347 e. The number of benzene rings is 1. The van der Waals surface area contributed by atoms with Crippen LogP contribution in [-0.4, -0.2) is 52.9 Å². The summed E-state index contributed by atoms with van der Waals surface area (Å²) in [6, 6.07) is 7.37. The van der Waals surface area contributed by atoms with Gasteiger partial charge in [0.1, 0.15) is 5.82 Å². The predicted molar refractivity (Wildman–Crippen MR) is 105 cm³/mol. The Morgan fingerprint density at radius 2 is 1.65 bits per heavy atom. The molecule has 0 aliphatic heterocycles. The summed E-state index contributed by atoms with van der Waals surface area (Å²) >= 11 is 0. The zero-order chi connectivity index (χ0) is 19.3. The van der Waals surface area contributed by atoms with Gasteiger partial charge >= 0.3 is 0 Å².